The van der Waals surface area contributed by atoms with Crippen LogP contribution in [0.25, 0.3) is 0 Å². The van der Waals surface area contributed by atoms with E-state index in [9.17, 15) is 27.9 Å². The molecule has 0 spiro atoms. The highest BCUT2D eigenvalue weighted by atomic mass is 32.2. The first-order valence-electron chi connectivity index (χ1n) is 12.9. The van der Waals surface area contributed by atoms with Gasteiger partial charge in [-0.25, -0.2) is 18.0 Å². The number of piperidine rings is 1. The van der Waals surface area contributed by atoms with Gasteiger partial charge in [0.15, 0.2) is 0 Å². The second kappa shape index (κ2) is 9.70. The normalized spacial score (nSPS) is 25.3. The van der Waals surface area contributed by atoms with Crippen molar-refractivity contribution in [3.8, 4) is 0 Å². The Hall–Kier alpha value is -1.88. The van der Waals surface area contributed by atoms with Crippen LogP contribution in [0, 0.1) is 28.1 Å². The van der Waals surface area contributed by atoms with E-state index in [-0.39, 0.29) is 23.0 Å². The number of carboxylic acid groups (broad SMARTS) is 1. The molecule has 2 aliphatic rings. The van der Waals surface area contributed by atoms with E-state index in [0.717, 1.165) is 0 Å². The molecule has 214 valence electrons. The number of fused-ring (bicyclic) bond motifs is 1. The molecule has 1 aliphatic heterocycles. The van der Waals surface area contributed by atoms with Gasteiger partial charge in [-0.1, -0.05) is 55.4 Å². The molecule has 0 bridgehead atoms. The first-order chi connectivity index (χ1) is 16.3. The Labute approximate surface area is 223 Å². The quantitative estimate of drug-likeness (QED) is 0.451. The zero-order chi connectivity index (χ0) is 29.1. The van der Waals surface area contributed by atoms with Crippen LogP contribution < -0.4 is 10.6 Å². The molecular weight excluding hydrogens is 496 g/mol. The van der Waals surface area contributed by atoms with Crippen LogP contribution in [-0.2, 0) is 19.6 Å². The number of nitrogens with zero attached hydrogens (tertiary/aromatic N) is 2. The molecule has 3 amide bonds. The molecule has 37 heavy (non-hydrogen) atoms. The molecule has 10 nitrogen and oxygen atoms in total. The minimum Gasteiger partial charge on any atom is -0.480 e. The van der Waals surface area contributed by atoms with E-state index in [1.54, 1.807) is 41.5 Å². The van der Waals surface area contributed by atoms with Crippen LogP contribution in [0.1, 0.15) is 76.2 Å². The third-order valence-electron chi connectivity index (χ3n) is 8.22. The summed E-state index contributed by atoms with van der Waals surface area (Å²) in [5.74, 6) is -1.78. The molecule has 2 fully saturated rings. The van der Waals surface area contributed by atoms with Crippen LogP contribution in [0.4, 0.5) is 4.79 Å². The van der Waals surface area contributed by atoms with Gasteiger partial charge in [0, 0.05) is 25.0 Å². The van der Waals surface area contributed by atoms with Crippen molar-refractivity contribution in [1.82, 2.24) is 19.8 Å². The molecule has 1 heterocycles. The highest BCUT2D eigenvalue weighted by molar-refractivity contribution is 7.89. The van der Waals surface area contributed by atoms with Crippen molar-refractivity contribution in [2.24, 2.45) is 28.1 Å². The lowest BCUT2D eigenvalue weighted by molar-refractivity contribution is -0.152. The molecule has 0 aromatic heterocycles. The maximum Gasteiger partial charge on any atom is 0.326 e. The number of sulfonamides is 1. The molecule has 1 aliphatic carbocycles. The lowest BCUT2D eigenvalue weighted by Gasteiger charge is -2.38. The highest BCUT2D eigenvalue weighted by Crippen LogP contribution is 2.65. The SMILES string of the molecule is CN(C(C)(C)C)S(=O)(=O)C[C@@H](NC(=O)N[C@H](C(=O)N1C[C@H]2C([C@H]1C(=O)O)C2(C)C)C(C)(C)C)C(C)(C)C. The zero-order valence-electron chi connectivity index (χ0n) is 24.6. The number of carbonyl (C=O) groups excluding carboxylic acids is 2. The van der Waals surface area contributed by atoms with Gasteiger partial charge in [-0.05, 0) is 42.9 Å². The summed E-state index contributed by atoms with van der Waals surface area (Å²) in [6.07, 6.45) is 0. The first kappa shape index (κ1) is 31.3. The van der Waals surface area contributed by atoms with Crippen molar-refractivity contribution in [2.45, 2.75) is 99.8 Å². The fourth-order valence-electron chi connectivity index (χ4n) is 5.19. The van der Waals surface area contributed by atoms with E-state index in [1.165, 1.54) is 16.3 Å². The molecule has 1 saturated carbocycles. The van der Waals surface area contributed by atoms with Crippen LogP contribution in [0.2, 0.25) is 0 Å². The van der Waals surface area contributed by atoms with Crippen LogP contribution in [-0.4, -0.2) is 83.6 Å². The number of hydrogen-bond donors (Lipinski definition) is 3. The van der Waals surface area contributed by atoms with Crippen molar-refractivity contribution in [1.29, 1.82) is 0 Å². The lowest BCUT2D eigenvalue weighted by atomic mass is 9.85. The standard InChI is InChI=1S/C26H48N4O6S/c1-23(2,3)16(14-37(35,36)29(12)25(7,8)9)27-22(34)28-19(24(4,5)6)20(31)30-13-15-17(26(15,10)11)18(30)21(32)33/h15-19H,13-14H2,1-12H3,(H,32,33)(H2,27,28,34)/t15-,16+,17?,18-,19+/m0/s1. The molecule has 0 radical (unpaired) electrons. The Kier molecular flexibility index (Phi) is 8.21. The predicted octanol–water partition coefficient (Wildman–Crippen LogP) is 2.74. The third kappa shape index (κ3) is 6.58. The maximum absolute atomic E-state index is 13.6. The summed E-state index contributed by atoms with van der Waals surface area (Å²) < 4.78 is 27.5. The molecule has 0 aromatic carbocycles. The summed E-state index contributed by atoms with van der Waals surface area (Å²) in [6, 6.07) is -3.34. The number of likely N-dealkylation sites (tertiary alicyclic amines) is 1. The van der Waals surface area contributed by atoms with Crippen molar-refractivity contribution in [3.05, 3.63) is 0 Å². The second-order valence-corrected chi connectivity index (χ2v) is 16.5. The molecular formula is C26H48N4O6S. The second-order valence-electron chi connectivity index (χ2n) is 14.5. The molecule has 11 heteroatoms. The number of nitrogens with one attached hydrogen (secondary N) is 2. The Bertz CT molecular complexity index is 1020. The van der Waals surface area contributed by atoms with Gasteiger partial charge in [0.05, 0.1) is 11.8 Å². The summed E-state index contributed by atoms with van der Waals surface area (Å²) in [5, 5.41) is 15.4. The number of aliphatic carboxylic acids is 1. The van der Waals surface area contributed by atoms with E-state index in [2.05, 4.69) is 10.6 Å². The maximum atomic E-state index is 13.6. The van der Waals surface area contributed by atoms with E-state index < -0.39 is 62.4 Å². The fraction of sp³-hybridized carbons (Fsp3) is 0.885. The highest BCUT2D eigenvalue weighted by Gasteiger charge is 2.70. The largest absolute Gasteiger partial charge is 0.480 e. The Balaban J connectivity index is 2.24. The van der Waals surface area contributed by atoms with Gasteiger partial charge < -0.3 is 20.6 Å². The topological polar surface area (TPSA) is 136 Å². The Morgan fingerprint density at radius 3 is 1.92 bits per heavy atom. The number of carbonyl (C=O) groups is 3. The molecule has 2 rings (SSSR count). The van der Waals surface area contributed by atoms with Crippen molar-refractivity contribution < 1.29 is 27.9 Å². The Morgan fingerprint density at radius 2 is 1.51 bits per heavy atom. The van der Waals surface area contributed by atoms with Gasteiger partial charge in [0.1, 0.15) is 12.1 Å². The van der Waals surface area contributed by atoms with E-state index >= 15 is 0 Å². The van der Waals surface area contributed by atoms with Gasteiger partial charge in [0.2, 0.25) is 15.9 Å². The van der Waals surface area contributed by atoms with Crippen molar-refractivity contribution in [3.63, 3.8) is 0 Å². The van der Waals surface area contributed by atoms with Gasteiger partial charge in [-0.3, -0.25) is 4.79 Å². The van der Waals surface area contributed by atoms with E-state index in [1.807, 2.05) is 34.6 Å². The average molecular weight is 545 g/mol. The zero-order valence-corrected chi connectivity index (χ0v) is 25.4. The summed E-state index contributed by atoms with van der Waals surface area (Å²) in [7, 11) is -2.19. The number of carboxylic acids is 1. The van der Waals surface area contributed by atoms with Crippen LogP contribution in [0.15, 0.2) is 0 Å². The van der Waals surface area contributed by atoms with Crippen molar-refractivity contribution in [2.75, 3.05) is 19.3 Å². The summed E-state index contributed by atoms with van der Waals surface area (Å²) >= 11 is 0. The van der Waals surface area contributed by atoms with Crippen LogP contribution in [0.3, 0.4) is 0 Å². The summed E-state index contributed by atoms with van der Waals surface area (Å²) in [6.45, 7) is 20.7. The van der Waals surface area contributed by atoms with E-state index in [4.69, 9.17) is 0 Å². The number of hydrogen-bond acceptors (Lipinski definition) is 5. The molecule has 1 unspecified atom stereocenters. The minimum atomic E-state index is -3.71. The molecule has 0 aromatic rings. The molecule has 5 atom stereocenters. The van der Waals surface area contributed by atoms with E-state index in [0.29, 0.717) is 6.54 Å². The molecule has 1 saturated heterocycles. The smallest absolute Gasteiger partial charge is 0.326 e. The number of urea groups is 1. The van der Waals surface area contributed by atoms with Gasteiger partial charge in [0.25, 0.3) is 0 Å². The number of amides is 3. The van der Waals surface area contributed by atoms with Crippen LogP contribution in [0.5, 0.6) is 0 Å². The van der Waals surface area contributed by atoms with Crippen molar-refractivity contribution >= 4 is 27.9 Å². The minimum absolute atomic E-state index is 0.112. The monoisotopic (exact) mass is 544 g/mol. The molecule has 3 N–H and O–H groups in total. The van der Waals surface area contributed by atoms with Gasteiger partial charge in [-0.15, -0.1) is 0 Å². The fourth-order valence-corrected chi connectivity index (χ4v) is 7.25. The average Bonchev–Trinajstić information content (AvgIpc) is 3.03. The Morgan fingerprint density at radius 1 is 1.00 bits per heavy atom. The first-order valence-corrected chi connectivity index (χ1v) is 14.5. The lowest BCUT2D eigenvalue weighted by Crippen LogP contribution is -2.61. The third-order valence-corrected chi connectivity index (χ3v) is 10.4. The summed E-state index contributed by atoms with van der Waals surface area (Å²) in [5.41, 5.74) is -2.07. The van der Waals surface area contributed by atoms with Crippen LogP contribution >= 0.6 is 0 Å². The predicted molar refractivity (Wildman–Crippen MR) is 143 cm³/mol. The summed E-state index contributed by atoms with van der Waals surface area (Å²) in [4.78, 5) is 40.3. The van der Waals surface area contributed by atoms with Gasteiger partial charge >= 0.3 is 12.0 Å². The number of rotatable bonds is 7. The van der Waals surface area contributed by atoms with Gasteiger partial charge in [-0.2, -0.15) is 4.31 Å².